The van der Waals surface area contributed by atoms with Gasteiger partial charge in [-0.25, -0.2) is 0 Å². The molecule has 0 aliphatic heterocycles. The minimum absolute atomic E-state index is 0.178. The number of aromatic nitrogens is 1. The Morgan fingerprint density at radius 2 is 1.93 bits per heavy atom. The zero-order valence-electron chi connectivity index (χ0n) is 9.83. The lowest BCUT2D eigenvalue weighted by molar-refractivity contribution is 0.587. The Balaban J connectivity index is 3.01. The van der Waals surface area contributed by atoms with Crippen LogP contribution in [0.5, 0.6) is 0 Å². The van der Waals surface area contributed by atoms with E-state index < -0.39 is 0 Å². The van der Waals surface area contributed by atoms with E-state index in [1.165, 1.54) is 11.3 Å². The highest BCUT2D eigenvalue weighted by Gasteiger charge is 2.14. The summed E-state index contributed by atoms with van der Waals surface area (Å²) in [6, 6.07) is 2.22. The van der Waals surface area contributed by atoms with Crippen LogP contribution < -0.4 is 4.90 Å². The van der Waals surface area contributed by atoms with Gasteiger partial charge in [-0.3, -0.25) is 4.98 Å². The highest BCUT2D eigenvalue weighted by atomic mass is 15.1. The fraction of sp³-hybridized carbons (Fsp3) is 0.583. The van der Waals surface area contributed by atoms with Crippen LogP contribution in [0, 0.1) is 0 Å². The van der Waals surface area contributed by atoms with Crippen LogP contribution in [0.4, 0.5) is 5.69 Å². The van der Waals surface area contributed by atoms with Gasteiger partial charge in [0.05, 0.1) is 11.9 Å². The molecule has 0 saturated carbocycles. The highest BCUT2D eigenvalue weighted by Crippen LogP contribution is 2.24. The molecule has 0 N–H and O–H groups in total. The first kappa shape index (κ1) is 11.0. The molecule has 0 aliphatic carbocycles. The van der Waals surface area contributed by atoms with Crippen molar-refractivity contribution in [3.8, 4) is 0 Å². The first-order chi connectivity index (χ1) is 6.45. The summed E-state index contributed by atoms with van der Waals surface area (Å²) >= 11 is 0. The van der Waals surface area contributed by atoms with Crippen molar-refractivity contribution in [2.24, 2.45) is 0 Å². The first-order valence-electron chi connectivity index (χ1n) is 5.12. The van der Waals surface area contributed by atoms with Crippen molar-refractivity contribution in [2.75, 3.05) is 18.5 Å². The van der Waals surface area contributed by atoms with Crippen LogP contribution in [0.3, 0.4) is 0 Å². The molecule has 1 aromatic heterocycles. The second-order valence-electron chi connectivity index (χ2n) is 4.70. The van der Waals surface area contributed by atoms with Crippen molar-refractivity contribution < 1.29 is 0 Å². The van der Waals surface area contributed by atoms with Crippen LogP contribution in [0.1, 0.15) is 33.3 Å². The van der Waals surface area contributed by atoms with Crippen LogP contribution in [-0.4, -0.2) is 18.6 Å². The molecular formula is C12H20N2. The topological polar surface area (TPSA) is 16.1 Å². The van der Waals surface area contributed by atoms with Crippen molar-refractivity contribution in [1.29, 1.82) is 0 Å². The quantitative estimate of drug-likeness (QED) is 0.716. The number of pyridine rings is 1. The predicted octanol–water partition coefficient (Wildman–Crippen LogP) is 2.84. The molecule has 0 atom stereocenters. The lowest BCUT2D eigenvalue weighted by atomic mass is 9.88. The molecule has 2 heteroatoms. The largest absolute Gasteiger partial charge is 0.374 e. The summed E-state index contributed by atoms with van der Waals surface area (Å²) < 4.78 is 0. The maximum absolute atomic E-state index is 4.28. The number of hydrogen-bond acceptors (Lipinski definition) is 2. The van der Waals surface area contributed by atoms with Gasteiger partial charge in [0.2, 0.25) is 0 Å². The van der Waals surface area contributed by atoms with Gasteiger partial charge in [0, 0.05) is 19.8 Å². The first-order valence-corrected chi connectivity index (χ1v) is 5.12. The molecule has 0 radical (unpaired) electrons. The van der Waals surface area contributed by atoms with E-state index in [1.807, 2.05) is 12.4 Å². The van der Waals surface area contributed by atoms with E-state index in [0.717, 1.165) is 6.54 Å². The summed E-state index contributed by atoms with van der Waals surface area (Å²) in [4.78, 5) is 6.48. The number of nitrogens with zero attached hydrogens (tertiary/aromatic N) is 2. The lowest BCUT2D eigenvalue weighted by Crippen LogP contribution is -2.18. The van der Waals surface area contributed by atoms with Gasteiger partial charge >= 0.3 is 0 Å². The molecule has 0 bridgehead atoms. The monoisotopic (exact) mass is 192 g/mol. The molecule has 0 spiro atoms. The molecule has 1 aromatic rings. The Hall–Kier alpha value is -1.05. The molecule has 0 fully saturated rings. The molecule has 78 valence electrons. The van der Waals surface area contributed by atoms with Crippen LogP contribution in [0.15, 0.2) is 18.5 Å². The minimum Gasteiger partial charge on any atom is -0.374 e. The van der Waals surface area contributed by atoms with E-state index in [-0.39, 0.29) is 5.41 Å². The molecule has 2 nitrogen and oxygen atoms in total. The molecule has 1 rings (SSSR count). The molecule has 0 saturated heterocycles. The second kappa shape index (κ2) is 3.99. The smallest absolute Gasteiger partial charge is 0.0553 e. The van der Waals surface area contributed by atoms with Crippen LogP contribution >= 0.6 is 0 Å². The lowest BCUT2D eigenvalue weighted by Gasteiger charge is -2.22. The minimum atomic E-state index is 0.178. The van der Waals surface area contributed by atoms with Crippen molar-refractivity contribution in [3.63, 3.8) is 0 Å². The van der Waals surface area contributed by atoms with E-state index in [0.29, 0.717) is 0 Å². The van der Waals surface area contributed by atoms with Gasteiger partial charge < -0.3 is 4.90 Å². The van der Waals surface area contributed by atoms with E-state index in [1.54, 1.807) is 0 Å². The molecule has 0 aliphatic rings. The third kappa shape index (κ3) is 2.47. The Kier molecular flexibility index (Phi) is 3.14. The highest BCUT2D eigenvalue weighted by molar-refractivity contribution is 5.46. The van der Waals surface area contributed by atoms with Crippen molar-refractivity contribution in [2.45, 2.75) is 33.1 Å². The average Bonchev–Trinajstić information content (AvgIpc) is 2.15. The van der Waals surface area contributed by atoms with Crippen LogP contribution in [0.25, 0.3) is 0 Å². The summed E-state index contributed by atoms with van der Waals surface area (Å²) in [5.41, 5.74) is 2.66. The van der Waals surface area contributed by atoms with E-state index in [4.69, 9.17) is 0 Å². The third-order valence-corrected chi connectivity index (χ3v) is 2.50. The zero-order valence-corrected chi connectivity index (χ0v) is 9.83. The molecule has 1 heterocycles. The van der Waals surface area contributed by atoms with E-state index >= 15 is 0 Å². The second-order valence-corrected chi connectivity index (χ2v) is 4.70. The molecule has 0 unspecified atom stereocenters. The van der Waals surface area contributed by atoms with Gasteiger partial charge in [-0.2, -0.15) is 0 Å². The third-order valence-electron chi connectivity index (χ3n) is 2.50. The van der Waals surface area contributed by atoms with Gasteiger partial charge in [0.15, 0.2) is 0 Å². The number of rotatable bonds is 2. The van der Waals surface area contributed by atoms with Gasteiger partial charge in [0.1, 0.15) is 0 Å². The van der Waals surface area contributed by atoms with Gasteiger partial charge in [-0.1, -0.05) is 20.8 Å². The summed E-state index contributed by atoms with van der Waals surface area (Å²) in [5, 5.41) is 0. The summed E-state index contributed by atoms with van der Waals surface area (Å²) in [5.74, 6) is 0. The van der Waals surface area contributed by atoms with Crippen LogP contribution in [-0.2, 0) is 5.41 Å². The van der Waals surface area contributed by atoms with E-state index in [2.05, 4.69) is 50.7 Å². The fourth-order valence-electron chi connectivity index (χ4n) is 1.23. The Labute approximate surface area is 87.0 Å². The maximum Gasteiger partial charge on any atom is 0.0553 e. The SMILES string of the molecule is CCN(C)c1cncc(C(C)(C)C)c1. The van der Waals surface area contributed by atoms with Gasteiger partial charge in [-0.05, 0) is 24.0 Å². The number of hydrogen-bond donors (Lipinski definition) is 0. The molecular weight excluding hydrogens is 172 g/mol. The zero-order chi connectivity index (χ0) is 10.8. The van der Waals surface area contributed by atoms with Crippen molar-refractivity contribution in [3.05, 3.63) is 24.0 Å². The molecule has 14 heavy (non-hydrogen) atoms. The summed E-state index contributed by atoms with van der Waals surface area (Å²) in [6.45, 7) is 9.78. The predicted molar refractivity (Wildman–Crippen MR) is 61.9 cm³/mol. The van der Waals surface area contributed by atoms with Crippen molar-refractivity contribution >= 4 is 5.69 Å². The summed E-state index contributed by atoms with van der Waals surface area (Å²) in [7, 11) is 2.09. The molecule has 0 aromatic carbocycles. The number of anilines is 1. The van der Waals surface area contributed by atoms with Gasteiger partial charge in [-0.15, -0.1) is 0 Å². The standard InChI is InChI=1S/C12H20N2/c1-6-14(5)11-7-10(8-13-9-11)12(2,3)4/h7-9H,6H2,1-5H3. The molecule has 0 amide bonds. The average molecular weight is 192 g/mol. The Bertz CT molecular complexity index is 299. The Morgan fingerprint density at radius 1 is 1.29 bits per heavy atom. The normalized spacial score (nSPS) is 11.5. The van der Waals surface area contributed by atoms with Crippen molar-refractivity contribution in [1.82, 2.24) is 4.98 Å². The maximum atomic E-state index is 4.28. The van der Waals surface area contributed by atoms with Gasteiger partial charge in [0.25, 0.3) is 0 Å². The Morgan fingerprint density at radius 3 is 2.43 bits per heavy atom. The van der Waals surface area contributed by atoms with E-state index in [9.17, 15) is 0 Å². The summed E-state index contributed by atoms with van der Waals surface area (Å²) in [6.07, 6.45) is 3.87. The fourth-order valence-corrected chi connectivity index (χ4v) is 1.23. The van der Waals surface area contributed by atoms with Crippen LogP contribution in [0.2, 0.25) is 0 Å².